The molecule has 7 N–H and O–H groups in total. The van der Waals surface area contributed by atoms with Crippen molar-refractivity contribution in [2.75, 3.05) is 14.1 Å². The summed E-state index contributed by atoms with van der Waals surface area (Å²) >= 11 is 0. The second-order valence-corrected chi connectivity index (χ2v) is 13.2. The zero-order chi connectivity index (χ0) is 30.9. The average Bonchev–Trinajstić information content (AvgIpc) is 2.87. The van der Waals surface area contributed by atoms with Gasteiger partial charge in [-0.1, -0.05) is 27.7 Å². The lowest BCUT2D eigenvalue weighted by molar-refractivity contribution is -0.299. The summed E-state index contributed by atoms with van der Waals surface area (Å²) < 4.78 is 18.0. The first-order chi connectivity index (χ1) is 18.3. The molecule has 0 bridgehead atoms. The number of carbonyl (C=O) groups is 1. The highest BCUT2D eigenvalue weighted by Crippen LogP contribution is 2.38. The SMILES string of the molecule is CC[C@H]1OC(=O)C(C)[C@@H](O)[C@H](C)[C@@H](OC2OC(C)CC(N(C)C)C2O)[C@](C)(O)C[C@@H](C)[C@H](N)[C@H](C)[C@@H](O)[C@]1(C)O. The Balaban J connectivity index is 2.54. The molecule has 5 unspecified atom stereocenters. The quantitative estimate of drug-likeness (QED) is 0.259. The van der Waals surface area contributed by atoms with E-state index in [0.717, 1.165) is 0 Å². The van der Waals surface area contributed by atoms with Gasteiger partial charge in [-0.15, -0.1) is 0 Å². The first-order valence-electron chi connectivity index (χ1n) is 14.7. The fourth-order valence-corrected chi connectivity index (χ4v) is 6.63. The summed E-state index contributed by atoms with van der Waals surface area (Å²) in [7, 11) is 3.72. The van der Waals surface area contributed by atoms with E-state index >= 15 is 0 Å². The molecule has 40 heavy (non-hydrogen) atoms. The van der Waals surface area contributed by atoms with Crippen LogP contribution in [0.1, 0.15) is 74.7 Å². The van der Waals surface area contributed by atoms with Crippen molar-refractivity contribution >= 4 is 5.97 Å². The summed E-state index contributed by atoms with van der Waals surface area (Å²) in [6.07, 6.45) is -6.18. The van der Waals surface area contributed by atoms with Gasteiger partial charge in [0.25, 0.3) is 0 Å². The molecule has 15 atom stereocenters. The molecule has 0 aliphatic carbocycles. The molecule has 0 aromatic heterocycles. The summed E-state index contributed by atoms with van der Waals surface area (Å²) in [5.41, 5.74) is 3.18. The third kappa shape index (κ3) is 7.54. The van der Waals surface area contributed by atoms with E-state index in [9.17, 15) is 30.3 Å². The lowest BCUT2D eigenvalue weighted by atomic mass is 9.72. The van der Waals surface area contributed by atoms with Crippen molar-refractivity contribution in [1.29, 1.82) is 0 Å². The summed E-state index contributed by atoms with van der Waals surface area (Å²) in [6, 6.07) is -0.904. The van der Waals surface area contributed by atoms with Gasteiger partial charge >= 0.3 is 5.97 Å². The maximum absolute atomic E-state index is 13.2. The molecule has 0 aromatic rings. The summed E-state index contributed by atoms with van der Waals surface area (Å²) in [4.78, 5) is 15.1. The maximum Gasteiger partial charge on any atom is 0.311 e. The first-order valence-corrected chi connectivity index (χ1v) is 14.7. The molecule has 2 aliphatic heterocycles. The van der Waals surface area contributed by atoms with Crippen LogP contribution in [-0.4, -0.2) is 117 Å². The molecule has 0 saturated carbocycles. The molecule has 2 saturated heterocycles. The van der Waals surface area contributed by atoms with E-state index in [1.807, 2.05) is 32.8 Å². The number of rotatable bonds is 4. The van der Waals surface area contributed by atoms with Gasteiger partial charge in [-0.25, -0.2) is 0 Å². The molecule has 2 aliphatic rings. The highest BCUT2D eigenvalue weighted by atomic mass is 16.7. The minimum atomic E-state index is -1.80. The number of hydrogen-bond acceptors (Lipinski definition) is 11. The molecule has 0 radical (unpaired) electrons. The van der Waals surface area contributed by atoms with E-state index in [1.165, 1.54) is 13.8 Å². The Morgan fingerprint density at radius 2 is 1.60 bits per heavy atom. The second kappa shape index (κ2) is 13.6. The monoisotopic (exact) mass is 576 g/mol. The van der Waals surface area contributed by atoms with E-state index in [4.69, 9.17) is 19.9 Å². The van der Waals surface area contributed by atoms with Crippen molar-refractivity contribution in [2.24, 2.45) is 29.4 Å². The lowest BCUT2D eigenvalue weighted by Crippen LogP contribution is -2.61. The predicted octanol–water partition coefficient (Wildman–Crippen LogP) is 0.619. The molecule has 11 heteroatoms. The Bertz CT molecular complexity index is 825. The highest BCUT2D eigenvalue weighted by Gasteiger charge is 2.50. The molecule has 0 aromatic carbocycles. The molecular formula is C29H56N2O9. The topological polar surface area (TPSA) is 175 Å². The third-order valence-electron chi connectivity index (χ3n) is 9.45. The second-order valence-electron chi connectivity index (χ2n) is 13.2. The lowest BCUT2D eigenvalue weighted by Gasteiger charge is -2.47. The Kier molecular flexibility index (Phi) is 12.0. The van der Waals surface area contributed by atoms with Crippen LogP contribution in [0.25, 0.3) is 0 Å². The van der Waals surface area contributed by atoms with E-state index in [1.54, 1.807) is 27.7 Å². The van der Waals surface area contributed by atoms with E-state index in [0.29, 0.717) is 6.42 Å². The van der Waals surface area contributed by atoms with Gasteiger partial charge in [0.15, 0.2) is 6.29 Å². The van der Waals surface area contributed by atoms with Crippen molar-refractivity contribution in [3.8, 4) is 0 Å². The molecule has 11 nitrogen and oxygen atoms in total. The van der Waals surface area contributed by atoms with Gasteiger partial charge < -0.3 is 50.4 Å². The van der Waals surface area contributed by atoms with Gasteiger partial charge in [0.2, 0.25) is 0 Å². The fraction of sp³-hybridized carbons (Fsp3) is 0.966. The van der Waals surface area contributed by atoms with Crippen LogP contribution in [-0.2, 0) is 19.0 Å². The van der Waals surface area contributed by atoms with Crippen LogP contribution in [0.5, 0.6) is 0 Å². The number of esters is 1. The number of cyclic esters (lactones) is 1. The van der Waals surface area contributed by atoms with E-state index in [2.05, 4.69) is 0 Å². The van der Waals surface area contributed by atoms with Gasteiger partial charge in [0, 0.05) is 23.9 Å². The Morgan fingerprint density at radius 1 is 1.02 bits per heavy atom. The normalized spacial score (nSPS) is 50.3. The number of nitrogens with zero attached hydrogens (tertiary/aromatic N) is 1. The number of nitrogens with two attached hydrogens (primary N) is 1. The molecule has 2 heterocycles. The van der Waals surface area contributed by atoms with Crippen molar-refractivity contribution in [3.05, 3.63) is 0 Å². The number of aliphatic hydroxyl groups is 5. The fourth-order valence-electron chi connectivity index (χ4n) is 6.63. The number of aliphatic hydroxyl groups excluding tert-OH is 3. The average molecular weight is 577 g/mol. The molecule has 0 amide bonds. The summed E-state index contributed by atoms with van der Waals surface area (Å²) in [5.74, 6) is -3.60. The number of ether oxygens (including phenoxy) is 3. The smallest absolute Gasteiger partial charge is 0.311 e. The minimum absolute atomic E-state index is 0.112. The zero-order valence-corrected chi connectivity index (χ0v) is 26.0. The molecular weight excluding hydrogens is 520 g/mol. The zero-order valence-electron chi connectivity index (χ0n) is 26.0. The van der Waals surface area contributed by atoms with Crippen LogP contribution < -0.4 is 5.73 Å². The minimum Gasteiger partial charge on any atom is -0.459 e. The van der Waals surface area contributed by atoms with Crippen LogP contribution in [0.3, 0.4) is 0 Å². The summed E-state index contributed by atoms with van der Waals surface area (Å²) in [5, 5.41) is 56.9. The summed E-state index contributed by atoms with van der Waals surface area (Å²) in [6.45, 7) is 13.4. The van der Waals surface area contributed by atoms with Crippen molar-refractivity contribution < 1.29 is 44.5 Å². The number of likely N-dealkylation sites (N-methyl/N-ethyl adjacent to an activating group) is 1. The molecule has 0 spiro atoms. The Hall–Kier alpha value is -0.890. The molecule has 2 rings (SSSR count). The first kappa shape index (κ1) is 35.3. The third-order valence-corrected chi connectivity index (χ3v) is 9.45. The maximum atomic E-state index is 13.2. The van der Waals surface area contributed by atoms with Crippen LogP contribution in [0.4, 0.5) is 0 Å². The van der Waals surface area contributed by atoms with Gasteiger partial charge in [-0.05, 0) is 67.0 Å². The Morgan fingerprint density at radius 3 is 2.12 bits per heavy atom. The van der Waals surface area contributed by atoms with Gasteiger partial charge in [-0.2, -0.15) is 0 Å². The van der Waals surface area contributed by atoms with Crippen LogP contribution in [0.2, 0.25) is 0 Å². The largest absolute Gasteiger partial charge is 0.459 e. The van der Waals surface area contributed by atoms with E-state index in [-0.39, 0.29) is 30.9 Å². The van der Waals surface area contributed by atoms with Gasteiger partial charge in [0.05, 0.1) is 35.9 Å². The predicted molar refractivity (Wildman–Crippen MR) is 150 cm³/mol. The van der Waals surface area contributed by atoms with Crippen LogP contribution >= 0.6 is 0 Å². The standard InChI is InChI=1S/C29H56N2O9/c1-11-20-29(8,37)24(34)16(4)21(30)14(2)13-28(7,36)25(17(5)22(32)18(6)26(35)39-20)40-27-23(33)19(31(9)10)12-15(3)38-27/h14-25,27,32-34,36-37H,11-13,30H2,1-10H3/t14-,15?,16+,17+,18?,19?,20-,21+,22+,23?,24-,25-,27?,28-,29-/m1/s1. The van der Waals surface area contributed by atoms with Crippen molar-refractivity contribution in [1.82, 2.24) is 4.90 Å². The van der Waals surface area contributed by atoms with Crippen LogP contribution in [0.15, 0.2) is 0 Å². The molecule has 236 valence electrons. The number of carbonyl (C=O) groups excluding carboxylic acids is 1. The van der Waals surface area contributed by atoms with Crippen molar-refractivity contribution in [3.63, 3.8) is 0 Å². The van der Waals surface area contributed by atoms with Gasteiger partial charge in [0.1, 0.15) is 17.8 Å². The van der Waals surface area contributed by atoms with E-state index < -0.39 is 77.8 Å². The van der Waals surface area contributed by atoms with Gasteiger partial charge in [-0.3, -0.25) is 4.79 Å². The highest BCUT2D eigenvalue weighted by molar-refractivity contribution is 5.73. The van der Waals surface area contributed by atoms with Crippen LogP contribution in [0, 0.1) is 23.7 Å². The Labute approximate surface area is 240 Å². The molecule has 2 fully saturated rings. The van der Waals surface area contributed by atoms with Crippen molar-refractivity contribution in [2.45, 2.75) is 141 Å². The number of hydrogen-bond donors (Lipinski definition) is 6.